The van der Waals surface area contributed by atoms with Gasteiger partial charge in [-0.15, -0.1) is 11.8 Å². The van der Waals surface area contributed by atoms with Crippen molar-refractivity contribution in [3.63, 3.8) is 0 Å². The van der Waals surface area contributed by atoms with E-state index in [4.69, 9.17) is 0 Å². The van der Waals surface area contributed by atoms with Crippen LogP contribution in [0.5, 0.6) is 0 Å². The van der Waals surface area contributed by atoms with Gasteiger partial charge in [0.25, 0.3) is 5.91 Å². The molecule has 0 unspecified atom stereocenters. The van der Waals surface area contributed by atoms with Crippen LogP contribution in [-0.2, 0) is 11.3 Å². The van der Waals surface area contributed by atoms with E-state index < -0.39 is 0 Å². The van der Waals surface area contributed by atoms with Gasteiger partial charge in [-0.05, 0) is 36.1 Å². The minimum atomic E-state index is -0.0564. The van der Waals surface area contributed by atoms with Gasteiger partial charge in [-0.2, -0.15) is 0 Å². The number of hydrogen-bond donors (Lipinski definition) is 1. The number of amides is 2. The van der Waals surface area contributed by atoms with Gasteiger partial charge in [-0.25, -0.2) is 0 Å². The second-order valence-corrected chi connectivity index (χ2v) is 8.37. The molecule has 3 rings (SSSR count). The Balaban J connectivity index is 1.71. The number of thioether (sulfide) groups is 1. The smallest absolute Gasteiger partial charge is 0.251 e. The molecule has 0 saturated carbocycles. The van der Waals surface area contributed by atoms with Crippen molar-refractivity contribution in [2.75, 3.05) is 5.75 Å². The number of carbonyl (C=O) groups is 2. The fourth-order valence-corrected chi connectivity index (χ4v) is 4.13. The Morgan fingerprint density at radius 2 is 1.78 bits per heavy atom. The molecule has 1 fully saturated rings. The number of carbonyl (C=O) groups excluding carboxylic acids is 2. The minimum absolute atomic E-state index is 0.00981. The molecule has 1 saturated heterocycles. The van der Waals surface area contributed by atoms with Crippen molar-refractivity contribution in [1.82, 2.24) is 10.2 Å². The minimum Gasteiger partial charge on any atom is -0.349 e. The summed E-state index contributed by atoms with van der Waals surface area (Å²) in [7, 11) is 0. The van der Waals surface area contributed by atoms with Crippen LogP contribution in [0.3, 0.4) is 0 Å². The van der Waals surface area contributed by atoms with E-state index in [-0.39, 0.29) is 23.2 Å². The van der Waals surface area contributed by atoms with E-state index in [0.29, 0.717) is 23.8 Å². The molecule has 27 heavy (non-hydrogen) atoms. The quantitative estimate of drug-likeness (QED) is 0.813. The first kappa shape index (κ1) is 19.5. The Morgan fingerprint density at radius 1 is 1.11 bits per heavy atom. The van der Waals surface area contributed by atoms with E-state index >= 15 is 0 Å². The zero-order valence-corrected chi connectivity index (χ0v) is 16.8. The summed E-state index contributed by atoms with van der Waals surface area (Å²) in [6.45, 7) is 6.79. The van der Waals surface area contributed by atoms with E-state index in [1.165, 1.54) is 0 Å². The van der Waals surface area contributed by atoms with Crippen LogP contribution in [-0.4, -0.2) is 28.5 Å². The van der Waals surface area contributed by atoms with Crippen LogP contribution in [0.15, 0.2) is 54.6 Å². The highest BCUT2D eigenvalue weighted by atomic mass is 32.2. The SMILES string of the molecule is CC(C)[C@@H](C)NC(=O)c1ccc([C@H]2SCC(=O)N2Cc2ccccc2)cc1. The molecular weight excluding hydrogens is 356 g/mol. The third-order valence-electron chi connectivity index (χ3n) is 4.98. The largest absolute Gasteiger partial charge is 0.349 e. The van der Waals surface area contributed by atoms with Gasteiger partial charge in [0.2, 0.25) is 5.91 Å². The molecule has 2 aromatic carbocycles. The van der Waals surface area contributed by atoms with Crippen molar-refractivity contribution in [2.45, 2.75) is 38.7 Å². The molecule has 0 aliphatic carbocycles. The Bertz CT molecular complexity index is 790. The van der Waals surface area contributed by atoms with Crippen LogP contribution >= 0.6 is 11.8 Å². The van der Waals surface area contributed by atoms with Gasteiger partial charge in [0.15, 0.2) is 0 Å². The maximum atomic E-state index is 12.4. The summed E-state index contributed by atoms with van der Waals surface area (Å²) in [5, 5.41) is 3.01. The highest BCUT2D eigenvalue weighted by Crippen LogP contribution is 2.39. The molecular formula is C22H26N2O2S. The first-order chi connectivity index (χ1) is 13.0. The van der Waals surface area contributed by atoms with Crippen LogP contribution in [0.2, 0.25) is 0 Å². The van der Waals surface area contributed by atoms with Gasteiger partial charge in [0.05, 0.1) is 5.75 Å². The lowest BCUT2D eigenvalue weighted by Crippen LogP contribution is -2.36. The number of nitrogens with zero attached hydrogens (tertiary/aromatic N) is 1. The van der Waals surface area contributed by atoms with Gasteiger partial charge in [0.1, 0.15) is 5.37 Å². The molecule has 1 aliphatic rings. The van der Waals surface area contributed by atoms with E-state index in [0.717, 1.165) is 11.1 Å². The molecule has 5 heteroatoms. The van der Waals surface area contributed by atoms with E-state index in [9.17, 15) is 9.59 Å². The summed E-state index contributed by atoms with van der Waals surface area (Å²) in [6, 6.07) is 17.8. The van der Waals surface area contributed by atoms with Gasteiger partial charge >= 0.3 is 0 Å². The van der Waals surface area contributed by atoms with Crippen molar-refractivity contribution in [3.05, 3.63) is 71.3 Å². The topological polar surface area (TPSA) is 49.4 Å². The monoisotopic (exact) mass is 382 g/mol. The zero-order valence-electron chi connectivity index (χ0n) is 16.0. The molecule has 0 radical (unpaired) electrons. The standard InChI is InChI=1S/C22H26N2O2S/c1-15(2)16(3)23-21(26)18-9-11-19(12-10-18)22-24(20(25)14-27-22)13-17-7-5-4-6-8-17/h4-12,15-16,22H,13-14H2,1-3H3,(H,23,26)/t16-,22-/m1/s1. The highest BCUT2D eigenvalue weighted by Gasteiger charge is 2.32. The van der Waals surface area contributed by atoms with Crippen molar-refractivity contribution in [2.24, 2.45) is 5.92 Å². The van der Waals surface area contributed by atoms with Crippen LogP contribution in [0.4, 0.5) is 0 Å². The average molecular weight is 383 g/mol. The Morgan fingerprint density at radius 3 is 2.41 bits per heavy atom. The predicted octanol–water partition coefficient (Wildman–Crippen LogP) is 4.24. The summed E-state index contributed by atoms with van der Waals surface area (Å²) in [4.78, 5) is 26.6. The van der Waals surface area contributed by atoms with Gasteiger partial charge in [0, 0.05) is 18.2 Å². The number of rotatable bonds is 6. The lowest BCUT2D eigenvalue weighted by molar-refractivity contribution is -0.128. The van der Waals surface area contributed by atoms with Crippen LogP contribution in [0, 0.1) is 5.92 Å². The second kappa shape index (κ2) is 8.61. The molecule has 1 N–H and O–H groups in total. The molecule has 0 bridgehead atoms. The predicted molar refractivity (Wildman–Crippen MR) is 110 cm³/mol. The molecule has 2 aromatic rings. The van der Waals surface area contributed by atoms with Crippen molar-refractivity contribution < 1.29 is 9.59 Å². The Hall–Kier alpha value is -2.27. The second-order valence-electron chi connectivity index (χ2n) is 7.30. The third kappa shape index (κ3) is 4.72. The molecule has 142 valence electrons. The van der Waals surface area contributed by atoms with Crippen LogP contribution in [0.25, 0.3) is 0 Å². The molecule has 2 amide bonds. The average Bonchev–Trinajstić information content (AvgIpc) is 3.03. The zero-order chi connectivity index (χ0) is 19.4. The highest BCUT2D eigenvalue weighted by molar-refractivity contribution is 8.00. The van der Waals surface area contributed by atoms with Gasteiger partial charge in [-0.3, -0.25) is 9.59 Å². The lowest BCUT2D eigenvalue weighted by Gasteiger charge is -2.24. The fourth-order valence-electron chi connectivity index (χ4n) is 2.94. The molecule has 1 aliphatic heterocycles. The first-order valence-corrected chi connectivity index (χ1v) is 10.4. The van der Waals surface area contributed by atoms with Crippen molar-refractivity contribution >= 4 is 23.6 Å². The third-order valence-corrected chi connectivity index (χ3v) is 6.24. The summed E-state index contributed by atoms with van der Waals surface area (Å²) >= 11 is 1.64. The van der Waals surface area contributed by atoms with Crippen molar-refractivity contribution in [3.8, 4) is 0 Å². The maximum Gasteiger partial charge on any atom is 0.251 e. The van der Waals surface area contributed by atoms with E-state index in [1.54, 1.807) is 11.8 Å². The van der Waals surface area contributed by atoms with Crippen LogP contribution in [0.1, 0.15) is 47.6 Å². The Labute approximate surface area is 165 Å². The van der Waals surface area contributed by atoms with Crippen LogP contribution < -0.4 is 5.32 Å². The first-order valence-electron chi connectivity index (χ1n) is 9.31. The van der Waals surface area contributed by atoms with E-state index in [2.05, 4.69) is 19.2 Å². The van der Waals surface area contributed by atoms with Gasteiger partial charge < -0.3 is 10.2 Å². The Kier molecular flexibility index (Phi) is 6.22. The fraction of sp³-hybridized carbons (Fsp3) is 0.364. The van der Waals surface area contributed by atoms with E-state index in [1.807, 2.05) is 66.4 Å². The normalized spacial score (nSPS) is 18.0. The molecule has 0 aromatic heterocycles. The number of nitrogens with one attached hydrogen (secondary N) is 1. The molecule has 4 nitrogen and oxygen atoms in total. The number of hydrogen-bond acceptors (Lipinski definition) is 3. The summed E-state index contributed by atoms with van der Waals surface area (Å²) in [5.41, 5.74) is 2.82. The summed E-state index contributed by atoms with van der Waals surface area (Å²) < 4.78 is 0. The van der Waals surface area contributed by atoms with Crippen molar-refractivity contribution in [1.29, 1.82) is 0 Å². The summed E-state index contributed by atoms with van der Waals surface area (Å²) in [6.07, 6.45) is 0. The lowest BCUT2D eigenvalue weighted by atomic mass is 10.1. The molecule has 1 heterocycles. The molecule has 0 spiro atoms. The molecule has 2 atom stereocenters. The maximum absolute atomic E-state index is 12.4. The number of benzene rings is 2. The summed E-state index contributed by atoms with van der Waals surface area (Å²) in [5.74, 6) is 0.979. The van der Waals surface area contributed by atoms with Gasteiger partial charge in [-0.1, -0.05) is 56.3 Å².